The standard InChI is InChI=1S/C16H12N4O2/c17-16(22)13-10-19-14(20-8-2-1-3-15(20)21)9-12(13)11-4-6-18-7-5-11/h1-10H,(H2,17,22). The number of amides is 1. The van der Waals surface area contributed by atoms with Gasteiger partial charge in [0.2, 0.25) is 0 Å². The van der Waals surface area contributed by atoms with E-state index >= 15 is 0 Å². The van der Waals surface area contributed by atoms with E-state index in [-0.39, 0.29) is 5.56 Å². The summed E-state index contributed by atoms with van der Waals surface area (Å²) in [5, 5.41) is 0. The van der Waals surface area contributed by atoms with Gasteiger partial charge >= 0.3 is 0 Å². The Balaban J connectivity index is 2.23. The molecule has 3 heterocycles. The van der Waals surface area contributed by atoms with Crippen LogP contribution < -0.4 is 11.3 Å². The van der Waals surface area contributed by atoms with Crippen LogP contribution in [0.3, 0.4) is 0 Å². The van der Waals surface area contributed by atoms with E-state index < -0.39 is 5.91 Å². The smallest absolute Gasteiger partial charge is 0.256 e. The van der Waals surface area contributed by atoms with E-state index in [0.717, 1.165) is 5.56 Å². The molecule has 0 fully saturated rings. The highest BCUT2D eigenvalue weighted by Crippen LogP contribution is 2.24. The summed E-state index contributed by atoms with van der Waals surface area (Å²) in [6, 6.07) is 10.0. The lowest BCUT2D eigenvalue weighted by molar-refractivity contribution is 0.100. The second-order valence-electron chi connectivity index (χ2n) is 4.60. The van der Waals surface area contributed by atoms with Gasteiger partial charge in [-0.3, -0.25) is 19.1 Å². The fraction of sp³-hybridized carbons (Fsp3) is 0. The molecule has 0 bridgehead atoms. The number of primary amides is 1. The van der Waals surface area contributed by atoms with Gasteiger partial charge in [-0.15, -0.1) is 0 Å². The van der Waals surface area contributed by atoms with E-state index in [1.807, 2.05) is 0 Å². The zero-order valence-electron chi connectivity index (χ0n) is 11.5. The lowest BCUT2D eigenvalue weighted by atomic mass is 10.0. The molecule has 0 saturated carbocycles. The fourth-order valence-electron chi connectivity index (χ4n) is 2.16. The molecule has 0 unspecified atom stereocenters. The Morgan fingerprint density at radius 2 is 1.91 bits per heavy atom. The van der Waals surface area contributed by atoms with Crippen molar-refractivity contribution in [2.45, 2.75) is 0 Å². The number of aromatic nitrogens is 3. The van der Waals surface area contributed by atoms with E-state index in [1.54, 1.807) is 48.9 Å². The van der Waals surface area contributed by atoms with Crippen LogP contribution in [0.5, 0.6) is 0 Å². The van der Waals surface area contributed by atoms with Crippen molar-refractivity contribution >= 4 is 5.91 Å². The summed E-state index contributed by atoms with van der Waals surface area (Å²) in [7, 11) is 0. The molecule has 1 amide bonds. The predicted molar refractivity (Wildman–Crippen MR) is 81.6 cm³/mol. The second kappa shape index (κ2) is 5.61. The minimum absolute atomic E-state index is 0.206. The monoisotopic (exact) mass is 292 g/mol. The zero-order valence-corrected chi connectivity index (χ0v) is 11.5. The summed E-state index contributed by atoms with van der Waals surface area (Å²) in [5.41, 5.74) is 6.87. The minimum Gasteiger partial charge on any atom is -0.366 e. The van der Waals surface area contributed by atoms with Crippen LogP contribution in [0.15, 0.2) is 66.0 Å². The van der Waals surface area contributed by atoms with Gasteiger partial charge in [-0.1, -0.05) is 6.07 Å². The van der Waals surface area contributed by atoms with Gasteiger partial charge in [-0.2, -0.15) is 0 Å². The van der Waals surface area contributed by atoms with Crippen LogP contribution in [0.4, 0.5) is 0 Å². The fourth-order valence-corrected chi connectivity index (χ4v) is 2.16. The van der Waals surface area contributed by atoms with E-state index in [2.05, 4.69) is 9.97 Å². The molecular weight excluding hydrogens is 280 g/mol. The summed E-state index contributed by atoms with van der Waals surface area (Å²) < 4.78 is 1.40. The van der Waals surface area contributed by atoms with Gasteiger partial charge in [0.05, 0.1) is 5.56 Å². The zero-order chi connectivity index (χ0) is 15.5. The lowest BCUT2D eigenvalue weighted by Gasteiger charge is -2.10. The number of rotatable bonds is 3. The Morgan fingerprint density at radius 1 is 1.14 bits per heavy atom. The van der Waals surface area contributed by atoms with Crippen molar-refractivity contribution < 1.29 is 4.79 Å². The minimum atomic E-state index is -0.578. The number of carbonyl (C=O) groups excluding carboxylic acids is 1. The molecule has 22 heavy (non-hydrogen) atoms. The highest BCUT2D eigenvalue weighted by atomic mass is 16.1. The topological polar surface area (TPSA) is 90.9 Å². The molecule has 0 aliphatic rings. The van der Waals surface area contributed by atoms with Gasteiger partial charge in [-0.05, 0) is 35.4 Å². The number of carbonyl (C=O) groups is 1. The molecular formula is C16H12N4O2. The van der Waals surface area contributed by atoms with E-state index in [0.29, 0.717) is 16.9 Å². The van der Waals surface area contributed by atoms with E-state index in [4.69, 9.17) is 5.73 Å². The number of nitrogens with zero attached hydrogens (tertiary/aromatic N) is 3. The average molecular weight is 292 g/mol. The van der Waals surface area contributed by atoms with Crippen LogP contribution in [0.25, 0.3) is 16.9 Å². The Morgan fingerprint density at radius 3 is 2.59 bits per heavy atom. The molecule has 0 aromatic carbocycles. The van der Waals surface area contributed by atoms with Crippen molar-refractivity contribution in [3.63, 3.8) is 0 Å². The molecule has 0 spiro atoms. The van der Waals surface area contributed by atoms with Crippen LogP contribution in [0, 0.1) is 0 Å². The van der Waals surface area contributed by atoms with Crippen LogP contribution in [-0.4, -0.2) is 20.4 Å². The number of nitrogens with two attached hydrogens (primary N) is 1. The summed E-state index contributed by atoms with van der Waals surface area (Å²) in [5.74, 6) is -0.159. The van der Waals surface area contributed by atoms with Gasteiger partial charge in [0, 0.05) is 30.9 Å². The Hall–Kier alpha value is -3.28. The van der Waals surface area contributed by atoms with Crippen molar-refractivity contribution in [1.29, 1.82) is 0 Å². The van der Waals surface area contributed by atoms with Crippen molar-refractivity contribution in [3.8, 4) is 16.9 Å². The maximum absolute atomic E-state index is 11.9. The first-order chi connectivity index (χ1) is 10.7. The van der Waals surface area contributed by atoms with Crippen LogP contribution in [0.1, 0.15) is 10.4 Å². The van der Waals surface area contributed by atoms with Gasteiger partial charge in [0.1, 0.15) is 5.82 Å². The first-order valence-corrected chi connectivity index (χ1v) is 6.55. The third-order valence-electron chi connectivity index (χ3n) is 3.22. The highest BCUT2D eigenvalue weighted by Gasteiger charge is 2.13. The molecule has 0 aliphatic heterocycles. The average Bonchev–Trinajstić information content (AvgIpc) is 2.55. The van der Waals surface area contributed by atoms with Crippen LogP contribution in [0.2, 0.25) is 0 Å². The molecule has 0 radical (unpaired) electrons. The Kier molecular flexibility index (Phi) is 3.49. The summed E-state index contributed by atoms with van der Waals surface area (Å²) in [6.07, 6.45) is 6.24. The Labute approximate surface area is 125 Å². The van der Waals surface area contributed by atoms with Crippen molar-refractivity contribution in [2.24, 2.45) is 5.73 Å². The molecule has 0 saturated heterocycles. The molecule has 6 heteroatoms. The van der Waals surface area contributed by atoms with E-state index in [1.165, 1.54) is 16.8 Å². The van der Waals surface area contributed by atoms with Crippen LogP contribution >= 0.6 is 0 Å². The predicted octanol–water partition coefficient (Wildman–Crippen LogP) is 1.39. The molecule has 108 valence electrons. The molecule has 2 N–H and O–H groups in total. The third kappa shape index (κ3) is 2.49. The molecule has 3 aromatic heterocycles. The molecule has 0 atom stereocenters. The molecule has 6 nitrogen and oxygen atoms in total. The van der Waals surface area contributed by atoms with Crippen molar-refractivity contribution in [1.82, 2.24) is 14.5 Å². The summed E-state index contributed by atoms with van der Waals surface area (Å²) in [6.45, 7) is 0. The number of hydrogen-bond donors (Lipinski definition) is 1. The first kappa shape index (κ1) is 13.7. The quantitative estimate of drug-likeness (QED) is 0.789. The first-order valence-electron chi connectivity index (χ1n) is 6.55. The Bertz CT molecular complexity index is 888. The van der Waals surface area contributed by atoms with Gasteiger partial charge in [0.25, 0.3) is 11.5 Å². The molecule has 3 rings (SSSR count). The largest absolute Gasteiger partial charge is 0.366 e. The van der Waals surface area contributed by atoms with Crippen molar-refractivity contribution in [3.05, 3.63) is 77.1 Å². The van der Waals surface area contributed by atoms with Crippen molar-refractivity contribution in [2.75, 3.05) is 0 Å². The van der Waals surface area contributed by atoms with Gasteiger partial charge < -0.3 is 5.73 Å². The summed E-state index contributed by atoms with van der Waals surface area (Å²) in [4.78, 5) is 31.6. The van der Waals surface area contributed by atoms with Gasteiger partial charge in [-0.25, -0.2) is 4.98 Å². The number of pyridine rings is 3. The SMILES string of the molecule is NC(=O)c1cnc(-n2ccccc2=O)cc1-c1ccncc1. The normalized spacial score (nSPS) is 10.4. The third-order valence-corrected chi connectivity index (χ3v) is 3.22. The second-order valence-corrected chi connectivity index (χ2v) is 4.60. The maximum Gasteiger partial charge on any atom is 0.256 e. The highest BCUT2D eigenvalue weighted by molar-refractivity contribution is 5.99. The van der Waals surface area contributed by atoms with Gasteiger partial charge in [0.15, 0.2) is 0 Å². The van der Waals surface area contributed by atoms with E-state index in [9.17, 15) is 9.59 Å². The number of hydrogen-bond acceptors (Lipinski definition) is 4. The molecule has 3 aromatic rings. The lowest BCUT2D eigenvalue weighted by Crippen LogP contribution is -2.18. The van der Waals surface area contributed by atoms with Crippen LogP contribution in [-0.2, 0) is 0 Å². The maximum atomic E-state index is 11.9. The summed E-state index contributed by atoms with van der Waals surface area (Å²) >= 11 is 0. The molecule has 0 aliphatic carbocycles.